The van der Waals surface area contributed by atoms with Gasteiger partial charge in [0.15, 0.2) is 0 Å². The second kappa shape index (κ2) is 14.2. The van der Waals surface area contributed by atoms with Crippen LogP contribution in [-0.4, -0.2) is 18.5 Å². The molecule has 0 aliphatic carbocycles. The number of halogens is 1. The Morgan fingerprint density at radius 2 is 1.32 bits per heavy atom. The first-order chi connectivity index (χ1) is 9.22. The lowest BCUT2D eigenvalue weighted by Gasteiger charge is -2.06. The summed E-state index contributed by atoms with van der Waals surface area (Å²) in [4.78, 5) is 11.1. The van der Waals surface area contributed by atoms with E-state index >= 15 is 0 Å². The van der Waals surface area contributed by atoms with Gasteiger partial charge in [-0.3, -0.25) is 4.79 Å². The monoisotopic (exact) mass is 290 g/mol. The average Bonchev–Trinajstić information content (AvgIpc) is 2.43. The molecule has 0 heterocycles. The van der Waals surface area contributed by atoms with E-state index in [1.807, 2.05) is 0 Å². The Kier molecular flexibility index (Phi) is 14.0. The van der Waals surface area contributed by atoms with Gasteiger partial charge in [-0.1, -0.05) is 77.6 Å². The van der Waals surface area contributed by atoms with Gasteiger partial charge in [0.05, 0.1) is 7.11 Å². The Bertz CT molecular complexity index is 207. The molecule has 0 bridgehead atoms. The zero-order valence-electron chi connectivity index (χ0n) is 12.8. The van der Waals surface area contributed by atoms with Crippen molar-refractivity contribution in [2.45, 2.75) is 89.4 Å². The predicted molar refractivity (Wildman–Crippen MR) is 82.7 cm³/mol. The van der Waals surface area contributed by atoms with Crippen molar-refractivity contribution in [3.05, 3.63) is 0 Å². The quantitative estimate of drug-likeness (QED) is 0.255. The third-order valence-corrected chi connectivity index (χ3v) is 3.91. The van der Waals surface area contributed by atoms with Crippen molar-refractivity contribution < 1.29 is 9.53 Å². The average molecular weight is 291 g/mol. The van der Waals surface area contributed by atoms with E-state index in [1.165, 1.54) is 71.3 Å². The Balaban J connectivity index is 3.12. The molecular formula is C16H31ClO2. The van der Waals surface area contributed by atoms with Crippen LogP contribution < -0.4 is 0 Å². The van der Waals surface area contributed by atoms with E-state index in [1.54, 1.807) is 0 Å². The third kappa shape index (κ3) is 12.5. The number of hydrogen-bond acceptors (Lipinski definition) is 2. The molecule has 3 heteroatoms. The van der Waals surface area contributed by atoms with Crippen LogP contribution in [0.5, 0.6) is 0 Å². The van der Waals surface area contributed by atoms with Gasteiger partial charge in [-0.2, -0.15) is 0 Å². The predicted octanol–water partition coefficient (Wildman–Crippen LogP) is 5.47. The largest absolute Gasteiger partial charge is 0.468 e. The van der Waals surface area contributed by atoms with E-state index in [-0.39, 0.29) is 5.97 Å². The molecular weight excluding hydrogens is 260 g/mol. The van der Waals surface area contributed by atoms with Gasteiger partial charge in [-0.15, -0.1) is 11.6 Å². The van der Waals surface area contributed by atoms with Crippen LogP contribution in [0.3, 0.4) is 0 Å². The number of ether oxygens (including phenoxy) is 1. The molecule has 0 fully saturated rings. The van der Waals surface area contributed by atoms with E-state index in [9.17, 15) is 4.79 Å². The minimum Gasteiger partial charge on any atom is -0.468 e. The second-order valence-electron chi connectivity index (χ2n) is 5.31. The lowest BCUT2D eigenvalue weighted by Crippen LogP contribution is -2.15. The summed E-state index contributed by atoms with van der Waals surface area (Å²) in [7, 11) is 1.39. The molecule has 0 aliphatic rings. The van der Waals surface area contributed by atoms with Crippen molar-refractivity contribution in [2.75, 3.05) is 7.11 Å². The summed E-state index contributed by atoms with van der Waals surface area (Å²) in [5.41, 5.74) is 0. The third-order valence-electron chi connectivity index (χ3n) is 3.52. The van der Waals surface area contributed by atoms with Crippen LogP contribution in [0.15, 0.2) is 0 Å². The first kappa shape index (κ1) is 18.8. The Morgan fingerprint density at radius 3 is 1.74 bits per heavy atom. The summed E-state index contributed by atoms with van der Waals surface area (Å²) in [5.74, 6) is -0.297. The van der Waals surface area contributed by atoms with Crippen molar-refractivity contribution in [2.24, 2.45) is 0 Å². The molecule has 0 spiro atoms. The number of rotatable bonds is 13. The standard InChI is InChI=1S/C16H31ClO2/c1-3-4-5-6-7-8-9-10-11-12-13-14-15(17)16(18)19-2/h15H,3-14H2,1-2H3. The first-order valence-corrected chi connectivity index (χ1v) is 8.38. The van der Waals surface area contributed by atoms with Crippen LogP contribution in [0.4, 0.5) is 0 Å². The molecule has 0 radical (unpaired) electrons. The van der Waals surface area contributed by atoms with Crippen LogP contribution in [0.25, 0.3) is 0 Å². The maximum atomic E-state index is 11.1. The van der Waals surface area contributed by atoms with E-state index in [0.29, 0.717) is 0 Å². The van der Waals surface area contributed by atoms with E-state index < -0.39 is 5.38 Å². The molecule has 1 unspecified atom stereocenters. The summed E-state index contributed by atoms with van der Waals surface area (Å²) >= 11 is 5.88. The molecule has 0 saturated heterocycles. The Hall–Kier alpha value is -0.240. The van der Waals surface area contributed by atoms with Gasteiger partial charge in [-0.25, -0.2) is 0 Å². The highest BCUT2D eigenvalue weighted by Gasteiger charge is 2.14. The lowest BCUT2D eigenvalue weighted by molar-refractivity contribution is -0.140. The maximum Gasteiger partial charge on any atom is 0.323 e. The van der Waals surface area contributed by atoms with Crippen molar-refractivity contribution >= 4 is 17.6 Å². The molecule has 0 aromatic carbocycles. The highest BCUT2D eigenvalue weighted by atomic mass is 35.5. The van der Waals surface area contributed by atoms with Crippen LogP contribution in [0.2, 0.25) is 0 Å². The van der Waals surface area contributed by atoms with Crippen LogP contribution in [-0.2, 0) is 9.53 Å². The van der Waals surface area contributed by atoms with E-state index in [4.69, 9.17) is 11.6 Å². The molecule has 2 nitrogen and oxygen atoms in total. The fraction of sp³-hybridized carbons (Fsp3) is 0.938. The fourth-order valence-electron chi connectivity index (χ4n) is 2.23. The lowest BCUT2D eigenvalue weighted by atomic mass is 10.0. The minimum atomic E-state index is -0.455. The first-order valence-electron chi connectivity index (χ1n) is 7.94. The van der Waals surface area contributed by atoms with Crippen molar-refractivity contribution in [1.29, 1.82) is 0 Å². The van der Waals surface area contributed by atoms with Gasteiger partial charge >= 0.3 is 5.97 Å². The van der Waals surface area contributed by atoms with Crippen LogP contribution >= 0.6 is 11.6 Å². The summed E-state index contributed by atoms with van der Waals surface area (Å²) in [6.07, 6.45) is 15.2. The molecule has 0 amide bonds. The molecule has 1 atom stereocenters. The SMILES string of the molecule is CCCCCCCCCCCCCC(Cl)C(=O)OC. The molecule has 0 rings (SSSR count). The Morgan fingerprint density at radius 1 is 0.895 bits per heavy atom. The molecule has 0 aliphatic heterocycles. The van der Waals surface area contributed by atoms with Gasteiger partial charge in [0, 0.05) is 0 Å². The molecule has 0 saturated carbocycles. The van der Waals surface area contributed by atoms with Crippen LogP contribution in [0.1, 0.15) is 84.0 Å². The number of esters is 1. The van der Waals surface area contributed by atoms with Gasteiger partial charge in [-0.05, 0) is 6.42 Å². The number of alkyl halides is 1. The topological polar surface area (TPSA) is 26.3 Å². The minimum absolute atomic E-state index is 0.297. The number of unbranched alkanes of at least 4 members (excludes halogenated alkanes) is 10. The molecule has 0 N–H and O–H groups in total. The zero-order valence-corrected chi connectivity index (χ0v) is 13.5. The van der Waals surface area contributed by atoms with Crippen molar-refractivity contribution in [3.63, 3.8) is 0 Å². The molecule has 19 heavy (non-hydrogen) atoms. The van der Waals surface area contributed by atoms with E-state index in [0.717, 1.165) is 12.8 Å². The second-order valence-corrected chi connectivity index (χ2v) is 5.84. The number of carbonyl (C=O) groups excluding carboxylic acids is 1. The Labute approximate surface area is 124 Å². The highest BCUT2D eigenvalue weighted by Crippen LogP contribution is 2.14. The van der Waals surface area contributed by atoms with Crippen LogP contribution in [0, 0.1) is 0 Å². The summed E-state index contributed by atoms with van der Waals surface area (Å²) in [6, 6.07) is 0. The van der Waals surface area contributed by atoms with Gasteiger partial charge in [0.2, 0.25) is 0 Å². The zero-order chi connectivity index (χ0) is 14.3. The molecule has 0 aromatic rings. The highest BCUT2D eigenvalue weighted by molar-refractivity contribution is 6.29. The number of carbonyl (C=O) groups is 1. The fourth-order valence-corrected chi connectivity index (χ4v) is 2.48. The smallest absolute Gasteiger partial charge is 0.323 e. The van der Waals surface area contributed by atoms with Gasteiger partial charge in [0.1, 0.15) is 5.38 Å². The molecule has 0 aromatic heterocycles. The normalized spacial score (nSPS) is 12.4. The number of methoxy groups -OCH3 is 1. The summed E-state index contributed by atoms with van der Waals surface area (Å²) in [6.45, 7) is 2.26. The van der Waals surface area contributed by atoms with Crippen molar-refractivity contribution in [1.82, 2.24) is 0 Å². The molecule has 114 valence electrons. The van der Waals surface area contributed by atoms with Gasteiger partial charge < -0.3 is 4.74 Å². The van der Waals surface area contributed by atoms with Gasteiger partial charge in [0.25, 0.3) is 0 Å². The maximum absolute atomic E-state index is 11.1. The number of hydrogen-bond donors (Lipinski definition) is 0. The van der Waals surface area contributed by atoms with E-state index in [2.05, 4.69) is 11.7 Å². The summed E-state index contributed by atoms with van der Waals surface area (Å²) < 4.78 is 4.59. The van der Waals surface area contributed by atoms with Crippen molar-refractivity contribution in [3.8, 4) is 0 Å². The summed E-state index contributed by atoms with van der Waals surface area (Å²) in [5, 5.41) is -0.455.